The molecule has 116 valence electrons. The fourth-order valence-corrected chi connectivity index (χ4v) is 3.05. The maximum absolute atomic E-state index is 12.8. The Kier molecular flexibility index (Phi) is 6.46. The Balaban J connectivity index is 1.63. The molecule has 0 bridgehead atoms. The van der Waals surface area contributed by atoms with Crippen molar-refractivity contribution >= 4 is 23.2 Å². The number of nitrogens with two attached hydrogens (primary N) is 1. The van der Waals surface area contributed by atoms with Crippen LogP contribution < -0.4 is 5.73 Å². The predicted octanol–water partition coefficient (Wildman–Crippen LogP) is 4.48. The molecule has 2 rings (SSSR count). The molecule has 0 saturated carbocycles. The zero-order chi connectivity index (χ0) is 15.8. The first-order chi connectivity index (χ1) is 10.6. The summed E-state index contributed by atoms with van der Waals surface area (Å²) in [5.74, 6) is 0.951. The molecule has 22 heavy (non-hydrogen) atoms. The lowest BCUT2D eigenvalue weighted by atomic mass is 10.0. The number of carbonyl (C=O) groups is 1. The average molecular weight is 317 g/mol. The van der Waals surface area contributed by atoms with Crippen molar-refractivity contribution in [3.8, 4) is 0 Å². The van der Waals surface area contributed by atoms with Crippen LogP contribution in [0.4, 0.5) is 10.1 Å². The van der Waals surface area contributed by atoms with E-state index in [1.54, 1.807) is 23.9 Å². The summed E-state index contributed by atoms with van der Waals surface area (Å²) in [6.07, 6.45) is 2.84. The molecule has 0 heterocycles. The number of halogens is 1. The fourth-order valence-electron chi connectivity index (χ4n) is 2.14. The molecule has 2 aromatic carbocycles. The van der Waals surface area contributed by atoms with E-state index >= 15 is 0 Å². The van der Waals surface area contributed by atoms with Crippen LogP contribution in [0, 0.1) is 5.82 Å². The second-order valence-corrected chi connectivity index (χ2v) is 6.34. The summed E-state index contributed by atoms with van der Waals surface area (Å²) in [6.45, 7) is 0. The molecular weight excluding hydrogens is 297 g/mol. The Bertz CT molecular complexity index is 613. The maximum atomic E-state index is 12.8. The van der Waals surface area contributed by atoms with E-state index in [1.807, 2.05) is 24.3 Å². The van der Waals surface area contributed by atoms with Crippen LogP contribution in [0.5, 0.6) is 0 Å². The van der Waals surface area contributed by atoms with E-state index < -0.39 is 0 Å². The third kappa shape index (κ3) is 5.53. The molecule has 4 heteroatoms. The third-order valence-electron chi connectivity index (χ3n) is 3.38. The molecule has 0 unspecified atom stereocenters. The van der Waals surface area contributed by atoms with Crippen LogP contribution in [0.15, 0.2) is 53.4 Å². The molecule has 2 N–H and O–H groups in total. The quantitative estimate of drug-likeness (QED) is 0.443. The van der Waals surface area contributed by atoms with Crippen molar-refractivity contribution in [2.75, 3.05) is 11.5 Å². The largest absolute Gasteiger partial charge is 0.398 e. The van der Waals surface area contributed by atoms with Crippen LogP contribution in [-0.2, 0) is 11.2 Å². The summed E-state index contributed by atoms with van der Waals surface area (Å²) in [6, 6.07) is 14.0. The average Bonchev–Trinajstić information content (AvgIpc) is 2.51. The van der Waals surface area contributed by atoms with E-state index in [9.17, 15) is 9.18 Å². The highest BCUT2D eigenvalue weighted by Crippen LogP contribution is 2.20. The summed E-state index contributed by atoms with van der Waals surface area (Å²) >= 11 is 1.69. The molecule has 0 aliphatic rings. The number of unbranched alkanes of at least 4 members (excludes halogenated alkanes) is 1. The number of carbonyl (C=O) groups excluding carboxylic acids is 1. The molecule has 2 nitrogen and oxygen atoms in total. The summed E-state index contributed by atoms with van der Waals surface area (Å²) < 4.78 is 12.8. The number of hydrogen-bond donors (Lipinski definition) is 1. The minimum absolute atomic E-state index is 0.213. The number of rotatable bonds is 8. The van der Waals surface area contributed by atoms with E-state index in [4.69, 9.17) is 5.73 Å². The topological polar surface area (TPSA) is 43.1 Å². The lowest BCUT2D eigenvalue weighted by Crippen LogP contribution is -2.05. The van der Waals surface area contributed by atoms with E-state index in [-0.39, 0.29) is 11.6 Å². The molecular formula is C18H20FNOS. The van der Waals surface area contributed by atoms with Crippen molar-refractivity contribution < 1.29 is 9.18 Å². The second-order valence-electron chi connectivity index (χ2n) is 5.17. The number of benzene rings is 2. The highest BCUT2D eigenvalue weighted by atomic mass is 32.2. The van der Waals surface area contributed by atoms with E-state index in [2.05, 4.69) is 0 Å². The number of thioether (sulfide) groups is 1. The van der Waals surface area contributed by atoms with E-state index in [0.29, 0.717) is 18.5 Å². The van der Waals surface area contributed by atoms with Gasteiger partial charge in [-0.1, -0.05) is 18.2 Å². The first kappa shape index (κ1) is 16.6. The molecule has 0 spiro atoms. The standard InChI is InChI=1S/C18H20FNOS/c19-15-8-10-17(11-9-15)22-12-4-3-6-16(21)13-14-5-1-2-7-18(14)20/h1-2,5,7-11H,3-4,6,12-13,20H2. The van der Waals surface area contributed by atoms with Gasteiger partial charge in [0.25, 0.3) is 0 Å². The predicted molar refractivity (Wildman–Crippen MR) is 90.5 cm³/mol. The Hall–Kier alpha value is -1.81. The highest BCUT2D eigenvalue weighted by molar-refractivity contribution is 7.99. The highest BCUT2D eigenvalue weighted by Gasteiger charge is 2.06. The van der Waals surface area contributed by atoms with Crippen LogP contribution in [-0.4, -0.2) is 11.5 Å². The van der Waals surface area contributed by atoms with Gasteiger partial charge in [-0.05, 0) is 54.5 Å². The van der Waals surface area contributed by atoms with Crippen LogP contribution in [0.1, 0.15) is 24.8 Å². The summed E-state index contributed by atoms with van der Waals surface area (Å²) in [4.78, 5) is 13.0. The van der Waals surface area contributed by atoms with Crippen molar-refractivity contribution in [1.82, 2.24) is 0 Å². The summed E-state index contributed by atoms with van der Waals surface area (Å²) in [7, 11) is 0. The van der Waals surface area contributed by atoms with Gasteiger partial charge in [-0.3, -0.25) is 4.79 Å². The smallest absolute Gasteiger partial charge is 0.137 e. The fraction of sp³-hybridized carbons (Fsp3) is 0.278. The van der Waals surface area contributed by atoms with Crippen molar-refractivity contribution in [3.63, 3.8) is 0 Å². The van der Waals surface area contributed by atoms with Gasteiger partial charge in [0.15, 0.2) is 0 Å². The molecule has 0 atom stereocenters. The van der Waals surface area contributed by atoms with Gasteiger partial charge in [-0.15, -0.1) is 11.8 Å². The first-order valence-electron chi connectivity index (χ1n) is 7.38. The number of Topliss-reactive ketones (excluding diaryl/α,β-unsaturated/α-hetero) is 1. The van der Waals surface area contributed by atoms with Gasteiger partial charge in [0.05, 0.1) is 0 Å². The summed E-state index contributed by atoms with van der Waals surface area (Å²) in [5.41, 5.74) is 7.43. The number of hydrogen-bond acceptors (Lipinski definition) is 3. The van der Waals surface area contributed by atoms with Crippen molar-refractivity contribution in [1.29, 1.82) is 0 Å². The zero-order valence-electron chi connectivity index (χ0n) is 12.4. The molecule has 0 radical (unpaired) electrons. The number of anilines is 1. The Morgan fingerprint density at radius 1 is 1.05 bits per heavy atom. The first-order valence-corrected chi connectivity index (χ1v) is 8.37. The normalized spacial score (nSPS) is 10.6. The molecule has 0 amide bonds. The van der Waals surface area contributed by atoms with Gasteiger partial charge in [0.2, 0.25) is 0 Å². The Labute approximate surface area is 134 Å². The van der Waals surface area contributed by atoms with Crippen molar-refractivity contribution in [3.05, 3.63) is 59.9 Å². The van der Waals surface area contributed by atoms with Gasteiger partial charge in [0, 0.05) is 23.4 Å². The van der Waals surface area contributed by atoms with E-state index in [0.717, 1.165) is 29.1 Å². The molecule has 0 saturated heterocycles. The molecule has 2 aromatic rings. The summed E-state index contributed by atoms with van der Waals surface area (Å²) in [5, 5.41) is 0. The van der Waals surface area contributed by atoms with Crippen LogP contribution >= 0.6 is 11.8 Å². The van der Waals surface area contributed by atoms with Gasteiger partial charge < -0.3 is 5.73 Å². The number of nitrogen functional groups attached to an aromatic ring is 1. The van der Waals surface area contributed by atoms with Gasteiger partial charge in [0.1, 0.15) is 11.6 Å². The number of ketones is 1. The maximum Gasteiger partial charge on any atom is 0.137 e. The van der Waals surface area contributed by atoms with Crippen molar-refractivity contribution in [2.45, 2.75) is 30.6 Å². The SMILES string of the molecule is Nc1ccccc1CC(=O)CCCCSc1ccc(F)cc1. The zero-order valence-corrected chi connectivity index (χ0v) is 13.2. The van der Waals surface area contributed by atoms with Gasteiger partial charge >= 0.3 is 0 Å². The number of para-hydroxylation sites is 1. The molecule has 0 aromatic heterocycles. The molecule has 0 aliphatic carbocycles. The lowest BCUT2D eigenvalue weighted by Gasteiger charge is -2.05. The minimum Gasteiger partial charge on any atom is -0.398 e. The van der Waals surface area contributed by atoms with E-state index in [1.165, 1.54) is 12.1 Å². The van der Waals surface area contributed by atoms with Gasteiger partial charge in [-0.25, -0.2) is 4.39 Å². The minimum atomic E-state index is -0.213. The van der Waals surface area contributed by atoms with Crippen LogP contribution in [0.2, 0.25) is 0 Å². The Morgan fingerprint density at radius 3 is 2.50 bits per heavy atom. The second kappa shape index (κ2) is 8.59. The monoisotopic (exact) mass is 317 g/mol. The lowest BCUT2D eigenvalue weighted by molar-refractivity contribution is -0.118. The molecule has 0 fully saturated rings. The Morgan fingerprint density at radius 2 is 1.77 bits per heavy atom. The van der Waals surface area contributed by atoms with Crippen molar-refractivity contribution in [2.24, 2.45) is 0 Å². The van der Waals surface area contributed by atoms with Gasteiger partial charge in [-0.2, -0.15) is 0 Å². The third-order valence-corrected chi connectivity index (χ3v) is 4.47. The molecule has 0 aliphatic heterocycles. The van der Waals surface area contributed by atoms with Crippen LogP contribution in [0.3, 0.4) is 0 Å². The van der Waals surface area contributed by atoms with Crippen LogP contribution in [0.25, 0.3) is 0 Å².